The van der Waals surface area contributed by atoms with E-state index in [2.05, 4.69) is 24.5 Å². The Morgan fingerprint density at radius 3 is 1.60 bits per heavy atom. The lowest BCUT2D eigenvalue weighted by Gasteiger charge is -2.17. The van der Waals surface area contributed by atoms with Crippen molar-refractivity contribution in [1.82, 2.24) is 9.97 Å². The van der Waals surface area contributed by atoms with Crippen molar-refractivity contribution in [3.8, 4) is 40.5 Å². The van der Waals surface area contributed by atoms with Crippen molar-refractivity contribution in [1.29, 1.82) is 15.8 Å². The van der Waals surface area contributed by atoms with Crippen LogP contribution in [0.4, 0.5) is 17.6 Å². The number of hydrogen-bond acceptors (Lipinski definition) is 5. The maximum Gasteiger partial charge on any atom is 0.512 e. The van der Waals surface area contributed by atoms with Crippen LogP contribution in [0.3, 0.4) is 0 Å². The quantitative estimate of drug-likeness (QED) is 0.199. The van der Waals surface area contributed by atoms with Crippen molar-refractivity contribution < 1.29 is 17.6 Å². The molecule has 42 heavy (non-hydrogen) atoms. The highest BCUT2D eigenvalue weighted by molar-refractivity contribution is 5.95. The van der Waals surface area contributed by atoms with Crippen LogP contribution in [0.1, 0.15) is 11.1 Å². The lowest BCUT2D eigenvalue weighted by molar-refractivity contribution is 0.512. The summed E-state index contributed by atoms with van der Waals surface area (Å²) in [6, 6.07) is 8.90. The van der Waals surface area contributed by atoms with Gasteiger partial charge in [-0.1, -0.05) is 0 Å². The molecule has 0 saturated heterocycles. The minimum atomic E-state index is -1.22. The average Bonchev–Trinajstić information content (AvgIpc) is 3.50. The largest absolute Gasteiger partial charge is 0.512 e. The van der Waals surface area contributed by atoms with E-state index in [9.17, 15) is 33.3 Å². The number of allylic oxidation sites excluding steroid dienone is 2. The molecule has 2 heterocycles. The van der Waals surface area contributed by atoms with Gasteiger partial charge >= 0.3 is 5.82 Å². The van der Waals surface area contributed by atoms with E-state index in [0.717, 1.165) is 24.3 Å². The molecule has 3 aromatic rings. The van der Waals surface area contributed by atoms with Crippen molar-refractivity contribution in [3.05, 3.63) is 126 Å². The highest BCUT2D eigenvalue weighted by Crippen LogP contribution is 2.39. The van der Waals surface area contributed by atoms with Crippen LogP contribution in [0.5, 0.6) is 0 Å². The molecule has 0 fully saturated rings. The fourth-order valence-corrected chi connectivity index (χ4v) is 5.39. The summed E-state index contributed by atoms with van der Waals surface area (Å²) in [5.74, 6) is -5.34. The van der Waals surface area contributed by atoms with Crippen molar-refractivity contribution in [2.24, 2.45) is 0 Å². The maximum atomic E-state index is 14.4. The van der Waals surface area contributed by atoms with Crippen LogP contribution in [0.2, 0.25) is 0 Å². The third-order valence-electron chi connectivity index (χ3n) is 6.82. The number of nitrogens with zero attached hydrogens (tertiary/aromatic N) is 8. The van der Waals surface area contributed by atoms with Crippen molar-refractivity contribution in [3.63, 3.8) is 0 Å². The van der Waals surface area contributed by atoms with E-state index in [1.165, 1.54) is 0 Å². The van der Waals surface area contributed by atoms with Crippen LogP contribution in [0.15, 0.2) is 46.8 Å². The molecule has 0 amide bonds. The van der Waals surface area contributed by atoms with Gasteiger partial charge in [0.1, 0.15) is 36.9 Å². The molecule has 0 radical (unpaired) electrons. The summed E-state index contributed by atoms with van der Waals surface area (Å²) >= 11 is 0. The summed E-state index contributed by atoms with van der Waals surface area (Å²) in [5.41, 5.74) is -0.847. The Bertz CT molecular complexity index is 2020. The molecule has 0 unspecified atom stereocenters. The summed E-state index contributed by atoms with van der Waals surface area (Å²) in [6.07, 6.45) is -0.583. The first-order valence-electron chi connectivity index (χ1n) is 11.6. The Balaban J connectivity index is 2.19. The molecule has 0 saturated carbocycles. The first-order valence-corrected chi connectivity index (χ1v) is 11.6. The minimum absolute atomic E-state index is 0.0182. The zero-order chi connectivity index (χ0) is 30.3. The summed E-state index contributed by atoms with van der Waals surface area (Å²) in [6.45, 7) is 22.9. The molecule has 12 heteroatoms. The number of nitriles is 3. The first-order chi connectivity index (χ1) is 20.2. The second-order valence-electron chi connectivity index (χ2n) is 8.86. The van der Waals surface area contributed by atoms with Gasteiger partial charge in [0.15, 0.2) is 5.70 Å². The zero-order valence-corrected chi connectivity index (χ0v) is 20.8. The lowest BCUT2D eigenvalue weighted by atomic mass is 9.87. The Morgan fingerprint density at radius 2 is 1.17 bits per heavy atom. The Kier molecular flexibility index (Phi) is 6.54. The molecule has 5 rings (SSSR count). The third kappa shape index (κ3) is 4.02. The number of benzene rings is 1. The molecule has 0 spiro atoms. The van der Waals surface area contributed by atoms with Gasteiger partial charge in [0.2, 0.25) is 23.8 Å². The van der Waals surface area contributed by atoms with E-state index in [4.69, 9.17) is 19.7 Å². The van der Waals surface area contributed by atoms with Gasteiger partial charge in [-0.25, -0.2) is 4.85 Å². The number of aromatic nitrogens is 2. The van der Waals surface area contributed by atoms with E-state index in [-0.39, 0.29) is 79.1 Å². The molecule has 0 aliphatic heterocycles. The molecular formula is C30H8F4N8. The molecule has 8 nitrogen and oxygen atoms in total. The van der Waals surface area contributed by atoms with Crippen LogP contribution in [-0.4, -0.2) is 9.97 Å². The molecule has 2 aromatic heterocycles. The molecule has 0 bridgehead atoms. The SMILES string of the molecule is [C-]#[N+]C([N+]#[C-])=C1Cc2c(-c3cc(F)nc(F)c3)c3c(c(-c4cc(F)nc(F)c4)c2=C1[N+]#[C-])CC(=C(C#N)C#N)C=3C#N. The minimum Gasteiger partial charge on any atom is -0.238 e. The number of halogens is 4. The second kappa shape index (κ2) is 10.2. The predicted octanol–water partition coefficient (Wildman–Crippen LogP) is 4.57. The van der Waals surface area contributed by atoms with Gasteiger partial charge in [-0.2, -0.15) is 53.0 Å². The highest BCUT2D eigenvalue weighted by Gasteiger charge is 2.36. The summed E-state index contributed by atoms with van der Waals surface area (Å²) in [4.78, 5) is 16.2. The van der Waals surface area contributed by atoms with Crippen LogP contribution < -0.4 is 10.4 Å². The molecule has 1 aromatic carbocycles. The van der Waals surface area contributed by atoms with Gasteiger partial charge in [-0.3, -0.25) is 0 Å². The average molecular weight is 556 g/mol. The van der Waals surface area contributed by atoms with Crippen molar-refractivity contribution in [2.75, 3.05) is 0 Å². The van der Waals surface area contributed by atoms with Gasteiger partial charge in [0, 0.05) is 41.5 Å². The number of hydrogen-bond donors (Lipinski definition) is 0. The van der Waals surface area contributed by atoms with E-state index in [1.807, 2.05) is 6.07 Å². The van der Waals surface area contributed by atoms with Crippen molar-refractivity contribution in [2.45, 2.75) is 12.8 Å². The fraction of sp³-hybridized carbons (Fsp3) is 0.0667. The maximum absolute atomic E-state index is 14.4. The van der Waals surface area contributed by atoms with E-state index < -0.39 is 35.2 Å². The predicted molar refractivity (Wildman–Crippen MR) is 137 cm³/mol. The molecule has 0 atom stereocenters. The van der Waals surface area contributed by atoms with Crippen LogP contribution in [0.25, 0.3) is 48.1 Å². The Morgan fingerprint density at radius 1 is 0.714 bits per heavy atom. The first kappa shape index (κ1) is 27.0. The number of rotatable bonds is 2. The van der Waals surface area contributed by atoms with Gasteiger partial charge in [0.05, 0.1) is 17.7 Å². The Labute approximate surface area is 234 Å². The topological polar surface area (TPSA) is 110 Å². The summed E-state index contributed by atoms with van der Waals surface area (Å²) in [7, 11) is 0. The smallest absolute Gasteiger partial charge is 0.238 e. The van der Waals surface area contributed by atoms with Crippen molar-refractivity contribution >= 4 is 11.3 Å². The normalized spacial score (nSPS) is 12.7. The zero-order valence-electron chi connectivity index (χ0n) is 20.8. The van der Waals surface area contributed by atoms with Crippen LogP contribution in [-0.2, 0) is 12.8 Å². The van der Waals surface area contributed by atoms with E-state index in [0.29, 0.717) is 0 Å². The van der Waals surface area contributed by atoms with E-state index >= 15 is 0 Å². The molecule has 2 aliphatic carbocycles. The third-order valence-corrected chi connectivity index (χ3v) is 6.82. The second-order valence-corrected chi connectivity index (χ2v) is 8.86. The lowest BCUT2D eigenvalue weighted by Crippen LogP contribution is -2.24. The molecule has 0 N–H and O–H groups in total. The van der Waals surface area contributed by atoms with E-state index in [1.54, 1.807) is 12.1 Å². The Hall–Kier alpha value is -6.60. The number of fused-ring (bicyclic) bond motifs is 2. The standard InChI is InChI=1S/C30H8F4N8/c1-38-29-19(30(39-2)40-3)9-18-25(13-4-21(31)41-22(32)5-13)27-17(8-16(20(27)12-37)15(10-35)11-36)26(28(18)29)14-6-23(33)42-24(34)7-14/h4-7H,8-9H2. The van der Waals surface area contributed by atoms with Crippen LogP contribution in [0, 0.1) is 77.5 Å². The summed E-state index contributed by atoms with van der Waals surface area (Å²) < 4.78 is 57.8. The van der Waals surface area contributed by atoms with Gasteiger partial charge in [-0.15, -0.1) is 0 Å². The van der Waals surface area contributed by atoms with Gasteiger partial charge in [-0.05, 0) is 45.0 Å². The number of pyridine rings is 2. The molecule has 2 aliphatic rings. The summed E-state index contributed by atoms with van der Waals surface area (Å²) in [5, 5.41) is 29.5. The highest BCUT2D eigenvalue weighted by atomic mass is 19.1. The van der Waals surface area contributed by atoms with Crippen LogP contribution >= 0.6 is 0 Å². The monoisotopic (exact) mass is 556 g/mol. The molecular weight excluding hydrogens is 548 g/mol. The van der Waals surface area contributed by atoms with Gasteiger partial charge < -0.3 is 0 Å². The fourth-order valence-electron chi connectivity index (χ4n) is 5.39. The molecule has 196 valence electrons. The van der Waals surface area contributed by atoms with Gasteiger partial charge in [0.25, 0.3) is 0 Å².